The number of alkyl halides is 3. The second kappa shape index (κ2) is 14.9. The second-order valence-corrected chi connectivity index (χ2v) is 12.2. The van der Waals surface area contributed by atoms with Gasteiger partial charge in [0.15, 0.2) is 0 Å². The van der Waals surface area contributed by atoms with Crippen LogP contribution >= 0.6 is 11.8 Å². The number of likely N-dealkylation sites (tertiary alicyclic amines) is 1. The predicted octanol–water partition coefficient (Wildman–Crippen LogP) is 5.23. The van der Waals surface area contributed by atoms with Gasteiger partial charge < -0.3 is 29.0 Å². The van der Waals surface area contributed by atoms with Crippen molar-refractivity contribution in [2.24, 2.45) is 5.92 Å². The normalized spacial score (nSPS) is 25.0. The van der Waals surface area contributed by atoms with Gasteiger partial charge in [0, 0.05) is 36.3 Å². The number of ether oxygens (including phenoxy) is 3. The van der Waals surface area contributed by atoms with Crippen LogP contribution in [0.25, 0.3) is 10.9 Å². The molecule has 0 saturated carbocycles. The van der Waals surface area contributed by atoms with Crippen molar-refractivity contribution in [3.8, 4) is 11.8 Å². The molecule has 2 aliphatic heterocycles. The van der Waals surface area contributed by atoms with Crippen LogP contribution in [-0.4, -0.2) is 93.7 Å². The molecule has 0 spiro atoms. The Morgan fingerprint density at radius 3 is 2.72 bits per heavy atom. The number of piperidine rings is 1. The Kier molecular flexibility index (Phi) is 11.0. The molecular formula is C32H41F3N4O3S. The van der Waals surface area contributed by atoms with Crippen LogP contribution in [-0.2, 0) is 20.8 Å². The van der Waals surface area contributed by atoms with Crippen LogP contribution in [0, 0.1) is 17.8 Å². The highest BCUT2D eigenvalue weighted by molar-refractivity contribution is 8.02. The fourth-order valence-electron chi connectivity index (χ4n) is 5.95. The molecule has 1 fully saturated rings. The molecule has 2 aromatic rings. The predicted molar refractivity (Wildman–Crippen MR) is 166 cm³/mol. The van der Waals surface area contributed by atoms with E-state index in [1.807, 2.05) is 30.5 Å². The summed E-state index contributed by atoms with van der Waals surface area (Å²) in [6.07, 6.45) is 4.32. The van der Waals surface area contributed by atoms with E-state index in [1.165, 1.54) is 9.47 Å². The fourth-order valence-corrected chi connectivity index (χ4v) is 6.53. The third-order valence-corrected chi connectivity index (χ3v) is 8.89. The molecule has 234 valence electrons. The van der Waals surface area contributed by atoms with E-state index in [4.69, 9.17) is 14.2 Å². The summed E-state index contributed by atoms with van der Waals surface area (Å²) in [6, 6.07) is 7.49. The summed E-state index contributed by atoms with van der Waals surface area (Å²) in [5, 5.41) is 7.86. The number of rotatable bonds is 2. The van der Waals surface area contributed by atoms with Crippen molar-refractivity contribution in [1.29, 1.82) is 0 Å². The van der Waals surface area contributed by atoms with Crippen LogP contribution in [0.5, 0.6) is 0 Å². The lowest BCUT2D eigenvalue weighted by Gasteiger charge is -2.38. The zero-order valence-corrected chi connectivity index (χ0v) is 25.7. The number of benzene rings is 1. The topological polar surface area (TPSA) is 59.9 Å². The van der Waals surface area contributed by atoms with Gasteiger partial charge in [0.25, 0.3) is 0 Å². The number of halogens is 3. The van der Waals surface area contributed by atoms with Crippen molar-refractivity contribution >= 4 is 28.4 Å². The highest BCUT2D eigenvalue weighted by atomic mass is 32.2. The minimum absolute atomic E-state index is 0.00648. The molecule has 7 nitrogen and oxygen atoms in total. The number of nitrogens with one attached hydrogen (secondary N) is 2. The maximum atomic E-state index is 13.7. The average Bonchev–Trinajstić information content (AvgIpc) is 3.31. The molecule has 0 amide bonds. The largest absolute Gasteiger partial charge is 0.491 e. The lowest BCUT2D eigenvalue weighted by Crippen LogP contribution is -2.45. The molecule has 1 saturated heterocycles. The maximum absolute atomic E-state index is 13.7. The molecule has 5 rings (SSSR count). The number of fused-ring (bicyclic) bond motifs is 3. The summed E-state index contributed by atoms with van der Waals surface area (Å²) in [6.45, 7) is 3.65. The third-order valence-electron chi connectivity index (χ3n) is 8.08. The highest BCUT2D eigenvalue weighted by Gasteiger charge is 2.31. The SMILES string of the molecule is CSC1=CC2=CC(C1)NCC#Cc1cc3c(cccc3n1CC(F)(F)F)N[C@H]1CCN(C)CC1CCOCCOCCO2. The minimum atomic E-state index is -4.37. The Balaban J connectivity index is 1.43. The fraction of sp³-hybridized carbons (Fsp3) is 0.562. The molecule has 2 unspecified atom stereocenters. The van der Waals surface area contributed by atoms with E-state index >= 15 is 0 Å². The van der Waals surface area contributed by atoms with Gasteiger partial charge >= 0.3 is 6.18 Å². The Morgan fingerprint density at radius 1 is 1.09 bits per heavy atom. The van der Waals surface area contributed by atoms with Crippen LogP contribution in [0.4, 0.5) is 18.9 Å². The van der Waals surface area contributed by atoms with Gasteiger partial charge in [0.05, 0.1) is 37.6 Å². The summed E-state index contributed by atoms with van der Waals surface area (Å²) in [5.74, 6) is 7.22. The lowest BCUT2D eigenvalue weighted by molar-refractivity contribution is -0.140. The summed E-state index contributed by atoms with van der Waals surface area (Å²) < 4.78 is 60.0. The first kappa shape index (κ1) is 31.8. The maximum Gasteiger partial charge on any atom is 0.406 e. The van der Waals surface area contributed by atoms with E-state index in [0.717, 1.165) is 49.2 Å². The van der Waals surface area contributed by atoms with Gasteiger partial charge in [-0.25, -0.2) is 0 Å². The van der Waals surface area contributed by atoms with E-state index in [-0.39, 0.29) is 12.1 Å². The number of hydrogen-bond donors (Lipinski definition) is 2. The molecule has 3 heterocycles. The van der Waals surface area contributed by atoms with Crippen LogP contribution in [0.15, 0.2) is 47.1 Å². The van der Waals surface area contributed by atoms with E-state index in [9.17, 15) is 13.2 Å². The van der Waals surface area contributed by atoms with E-state index in [1.54, 1.807) is 23.9 Å². The zero-order valence-electron chi connectivity index (χ0n) is 24.8. The van der Waals surface area contributed by atoms with Crippen molar-refractivity contribution < 1.29 is 27.4 Å². The van der Waals surface area contributed by atoms with Gasteiger partial charge in [-0.2, -0.15) is 13.2 Å². The van der Waals surface area contributed by atoms with Crippen molar-refractivity contribution in [2.75, 3.05) is 71.3 Å². The Bertz CT molecular complexity index is 1360. The molecule has 3 aliphatic rings. The number of anilines is 1. The summed E-state index contributed by atoms with van der Waals surface area (Å²) in [4.78, 5) is 3.50. The van der Waals surface area contributed by atoms with Gasteiger partial charge in [-0.1, -0.05) is 12.0 Å². The first-order valence-corrected chi connectivity index (χ1v) is 16.1. The average molecular weight is 619 g/mol. The zero-order chi connectivity index (χ0) is 30.2. The van der Waals surface area contributed by atoms with Crippen molar-refractivity contribution in [3.05, 3.63) is 52.8 Å². The van der Waals surface area contributed by atoms with Crippen LogP contribution < -0.4 is 10.6 Å². The molecule has 1 aromatic heterocycles. The van der Waals surface area contributed by atoms with Crippen LogP contribution in [0.3, 0.4) is 0 Å². The first-order valence-electron chi connectivity index (χ1n) is 14.9. The molecule has 0 radical (unpaired) electrons. The number of thioether (sulfide) groups is 1. The van der Waals surface area contributed by atoms with Gasteiger partial charge in [-0.05, 0) is 86.2 Å². The Labute approximate surface area is 256 Å². The van der Waals surface area contributed by atoms with Gasteiger partial charge in [0.2, 0.25) is 0 Å². The summed E-state index contributed by atoms with van der Waals surface area (Å²) >= 11 is 1.67. The minimum Gasteiger partial charge on any atom is -0.491 e. The monoisotopic (exact) mass is 618 g/mol. The molecule has 1 aromatic carbocycles. The molecule has 2 N–H and O–H groups in total. The molecular weight excluding hydrogens is 577 g/mol. The van der Waals surface area contributed by atoms with Crippen molar-refractivity contribution in [3.63, 3.8) is 0 Å². The lowest BCUT2D eigenvalue weighted by atomic mass is 9.89. The van der Waals surface area contributed by atoms with Crippen molar-refractivity contribution in [1.82, 2.24) is 14.8 Å². The number of aromatic nitrogens is 1. The van der Waals surface area contributed by atoms with Crippen LogP contribution in [0.2, 0.25) is 0 Å². The number of nitrogens with zero attached hydrogens (tertiary/aromatic N) is 2. The molecule has 11 heteroatoms. The Hall–Kier alpha value is -2.62. The van der Waals surface area contributed by atoms with Crippen molar-refractivity contribution in [2.45, 2.75) is 44.1 Å². The smallest absolute Gasteiger partial charge is 0.406 e. The van der Waals surface area contributed by atoms with E-state index in [0.29, 0.717) is 56.7 Å². The quantitative estimate of drug-likeness (QED) is 0.447. The summed E-state index contributed by atoms with van der Waals surface area (Å²) in [5.41, 5.74) is 1.71. The summed E-state index contributed by atoms with van der Waals surface area (Å²) in [7, 11) is 2.12. The van der Waals surface area contributed by atoms with E-state index < -0.39 is 12.7 Å². The highest BCUT2D eigenvalue weighted by Crippen LogP contribution is 2.33. The van der Waals surface area contributed by atoms with Crippen LogP contribution in [0.1, 0.15) is 25.0 Å². The van der Waals surface area contributed by atoms with Gasteiger partial charge in [-0.15, -0.1) is 11.8 Å². The van der Waals surface area contributed by atoms with Gasteiger partial charge in [-0.3, -0.25) is 5.32 Å². The second-order valence-electron chi connectivity index (χ2n) is 11.3. The molecule has 3 atom stereocenters. The Morgan fingerprint density at radius 2 is 1.91 bits per heavy atom. The standard InChI is InChI=1S/C32H41F3N4O3S/c1-38-11-8-29-23(21-38)9-12-40-13-14-41-15-16-42-26-17-24(18-27(20-26)43-2)36-10-4-5-25-19-28-30(37-29)6-3-7-31(28)39(25)22-32(33,34)35/h3,6-7,17,19-20,23-24,29,36-37H,8-16,18,21-22H2,1-2H3/t23?,24?,29-/m0/s1. The number of hydrogen-bond acceptors (Lipinski definition) is 7. The number of allylic oxidation sites excluding steroid dienone is 1. The molecule has 1 aliphatic carbocycles. The molecule has 43 heavy (non-hydrogen) atoms. The first-order chi connectivity index (χ1) is 20.8. The molecule has 4 bridgehead atoms. The van der Waals surface area contributed by atoms with Gasteiger partial charge in [0.1, 0.15) is 18.9 Å². The van der Waals surface area contributed by atoms with E-state index in [2.05, 4.69) is 34.4 Å². The third kappa shape index (κ3) is 8.96.